The molecular formula is C17H16N2O3. The summed E-state index contributed by atoms with van der Waals surface area (Å²) in [5, 5.41) is 0. The summed E-state index contributed by atoms with van der Waals surface area (Å²) in [6, 6.07) is 7.27. The van der Waals surface area contributed by atoms with Crippen molar-refractivity contribution in [1.29, 1.82) is 0 Å². The highest BCUT2D eigenvalue weighted by Crippen LogP contribution is 2.28. The molecule has 0 aliphatic carbocycles. The summed E-state index contributed by atoms with van der Waals surface area (Å²) in [5.41, 5.74) is 3.26. The maximum absolute atomic E-state index is 12.7. The molecule has 5 nitrogen and oxygen atoms in total. The Labute approximate surface area is 128 Å². The first-order chi connectivity index (χ1) is 10.5. The number of hydrogen-bond acceptors (Lipinski definition) is 4. The number of methoxy groups -OCH3 is 1. The highest BCUT2D eigenvalue weighted by molar-refractivity contribution is 6.13. The number of amides is 2. The molecule has 0 bridgehead atoms. The van der Waals surface area contributed by atoms with Gasteiger partial charge in [-0.3, -0.25) is 19.5 Å². The van der Waals surface area contributed by atoms with E-state index in [-0.39, 0.29) is 11.8 Å². The fraction of sp³-hybridized carbons (Fsp3) is 0.235. The summed E-state index contributed by atoms with van der Waals surface area (Å²) in [5.74, 6) is -0.0287. The van der Waals surface area contributed by atoms with Gasteiger partial charge >= 0.3 is 0 Å². The molecule has 0 atom stereocenters. The summed E-state index contributed by atoms with van der Waals surface area (Å²) in [6.07, 6.45) is 1.51. The molecule has 5 heteroatoms. The highest BCUT2D eigenvalue weighted by atomic mass is 16.5. The summed E-state index contributed by atoms with van der Waals surface area (Å²) in [6.45, 7) is 3.91. The average Bonchev–Trinajstić information content (AvgIpc) is 2.85. The van der Waals surface area contributed by atoms with E-state index in [4.69, 9.17) is 4.74 Å². The van der Waals surface area contributed by atoms with Crippen LogP contribution < -0.4 is 4.74 Å². The van der Waals surface area contributed by atoms with Gasteiger partial charge in [0.1, 0.15) is 5.75 Å². The van der Waals surface area contributed by atoms with Gasteiger partial charge in [-0.25, -0.2) is 0 Å². The number of aryl methyl sites for hydroxylation is 1. The van der Waals surface area contributed by atoms with Crippen LogP contribution in [0.5, 0.6) is 5.75 Å². The summed E-state index contributed by atoms with van der Waals surface area (Å²) < 4.78 is 5.30. The molecule has 2 heterocycles. The Balaban J connectivity index is 1.99. The van der Waals surface area contributed by atoms with Crippen LogP contribution in [0.4, 0.5) is 0 Å². The second-order valence-electron chi connectivity index (χ2n) is 5.27. The van der Waals surface area contributed by atoms with Crippen LogP contribution in [-0.2, 0) is 6.54 Å². The molecule has 1 aromatic heterocycles. The lowest BCUT2D eigenvalue weighted by atomic mass is 10.1. The molecule has 1 aliphatic heterocycles. The largest absolute Gasteiger partial charge is 0.495 e. The average molecular weight is 296 g/mol. The van der Waals surface area contributed by atoms with Crippen LogP contribution in [0.1, 0.15) is 37.5 Å². The van der Waals surface area contributed by atoms with Crippen molar-refractivity contribution in [3.05, 3.63) is 58.4 Å². The molecule has 0 saturated heterocycles. The third kappa shape index (κ3) is 2.06. The van der Waals surface area contributed by atoms with Crippen LogP contribution in [0.25, 0.3) is 0 Å². The van der Waals surface area contributed by atoms with Gasteiger partial charge in [-0.15, -0.1) is 0 Å². The van der Waals surface area contributed by atoms with E-state index in [0.717, 1.165) is 5.56 Å². The molecule has 0 fully saturated rings. The van der Waals surface area contributed by atoms with Crippen molar-refractivity contribution in [2.75, 3.05) is 7.11 Å². The van der Waals surface area contributed by atoms with Crippen LogP contribution in [0.15, 0.2) is 30.5 Å². The normalized spacial score (nSPS) is 13.2. The number of nitrogens with zero attached hydrogens (tertiary/aromatic N) is 2. The molecule has 0 radical (unpaired) electrons. The van der Waals surface area contributed by atoms with Gasteiger partial charge in [-0.1, -0.05) is 18.2 Å². The van der Waals surface area contributed by atoms with Gasteiger partial charge in [-0.05, 0) is 25.5 Å². The van der Waals surface area contributed by atoms with E-state index in [0.29, 0.717) is 34.7 Å². The lowest BCUT2D eigenvalue weighted by Gasteiger charge is -2.17. The fourth-order valence-electron chi connectivity index (χ4n) is 2.79. The molecule has 3 rings (SSSR count). The van der Waals surface area contributed by atoms with Crippen molar-refractivity contribution in [1.82, 2.24) is 9.88 Å². The first-order valence-corrected chi connectivity index (χ1v) is 6.99. The summed E-state index contributed by atoms with van der Waals surface area (Å²) in [7, 11) is 1.54. The van der Waals surface area contributed by atoms with E-state index in [1.807, 2.05) is 19.1 Å². The lowest BCUT2D eigenvalue weighted by Crippen LogP contribution is -2.32. The third-order valence-electron chi connectivity index (χ3n) is 3.96. The Morgan fingerprint density at radius 2 is 2.00 bits per heavy atom. The number of ether oxygens (including phenoxy) is 1. The highest BCUT2D eigenvalue weighted by Gasteiger charge is 2.33. The molecule has 22 heavy (non-hydrogen) atoms. The second-order valence-corrected chi connectivity index (χ2v) is 5.27. The van der Waals surface area contributed by atoms with E-state index in [1.165, 1.54) is 11.1 Å². The molecule has 112 valence electrons. The van der Waals surface area contributed by atoms with E-state index < -0.39 is 0 Å². The Morgan fingerprint density at radius 1 is 1.27 bits per heavy atom. The lowest BCUT2D eigenvalue weighted by molar-refractivity contribution is 0.0630. The first kappa shape index (κ1) is 14.3. The molecule has 2 amide bonds. The zero-order valence-corrected chi connectivity index (χ0v) is 12.7. The number of imide groups is 1. The van der Waals surface area contributed by atoms with E-state index in [9.17, 15) is 9.59 Å². The molecule has 0 N–H and O–H groups in total. The molecular weight excluding hydrogens is 280 g/mol. The van der Waals surface area contributed by atoms with Gasteiger partial charge in [0.2, 0.25) is 0 Å². The first-order valence-electron chi connectivity index (χ1n) is 6.99. The van der Waals surface area contributed by atoms with Gasteiger partial charge in [0.05, 0.1) is 24.9 Å². The van der Waals surface area contributed by atoms with Crippen molar-refractivity contribution in [3.63, 3.8) is 0 Å². The number of hydrogen-bond donors (Lipinski definition) is 0. The maximum Gasteiger partial charge on any atom is 0.263 e. The van der Waals surface area contributed by atoms with Crippen LogP contribution in [0, 0.1) is 13.8 Å². The molecule has 1 aromatic carbocycles. The Bertz CT molecular complexity index is 783. The summed E-state index contributed by atoms with van der Waals surface area (Å²) in [4.78, 5) is 30.6. The number of carbonyl (C=O) groups is 2. The predicted octanol–water partition coefficient (Wildman–Crippen LogP) is 2.50. The second kappa shape index (κ2) is 5.26. The van der Waals surface area contributed by atoms with Gasteiger partial charge in [0, 0.05) is 17.3 Å². The minimum absolute atomic E-state index is 0.264. The zero-order valence-electron chi connectivity index (χ0n) is 12.7. The number of fused-ring (bicyclic) bond motifs is 1. The Morgan fingerprint density at radius 3 is 2.68 bits per heavy atom. The van der Waals surface area contributed by atoms with Crippen molar-refractivity contribution in [2.24, 2.45) is 0 Å². The summed E-state index contributed by atoms with van der Waals surface area (Å²) >= 11 is 0. The molecule has 0 unspecified atom stereocenters. The predicted molar refractivity (Wildman–Crippen MR) is 80.9 cm³/mol. The molecule has 2 aromatic rings. The van der Waals surface area contributed by atoms with Crippen molar-refractivity contribution in [2.45, 2.75) is 20.4 Å². The molecule has 0 saturated carbocycles. The number of pyridine rings is 1. The van der Waals surface area contributed by atoms with Gasteiger partial charge in [0.25, 0.3) is 11.8 Å². The SMILES string of the molecule is COc1c(C)ncc(C(=O)N2Cc3ccccc3C2=O)c1C. The smallest absolute Gasteiger partial charge is 0.263 e. The van der Waals surface area contributed by atoms with E-state index in [1.54, 1.807) is 26.2 Å². The van der Waals surface area contributed by atoms with Crippen LogP contribution >= 0.6 is 0 Å². The quantitative estimate of drug-likeness (QED) is 0.799. The van der Waals surface area contributed by atoms with E-state index >= 15 is 0 Å². The van der Waals surface area contributed by atoms with Gasteiger partial charge in [-0.2, -0.15) is 0 Å². The number of benzene rings is 1. The van der Waals surface area contributed by atoms with E-state index in [2.05, 4.69) is 4.98 Å². The van der Waals surface area contributed by atoms with Gasteiger partial charge in [0.15, 0.2) is 0 Å². The number of carbonyl (C=O) groups excluding carboxylic acids is 2. The topological polar surface area (TPSA) is 59.5 Å². The maximum atomic E-state index is 12.7. The molecule has 0 spiro atoms. The molecule has 1 aliphatic rings. The Hall–Kier alpha value is -2.69. The zero-order chi connectivity index (χ0) is 15.9. The minimum atomic E-state index is -0.343. The Kier molecular flexibility index (Phi) is 3.41. The van der Waals surface area contributed by atoms with Crippen LogP contribution in [0.3, 0.4) is 0 Å². The van der Waals surface area contributed by atoms with Crippen molar-refractivity contribution in [3.8, 4) is 5.75 Å². The minimum Gasteiger partial charge on any atom is -0.495 e. The number of aromatic nitrogens is 1. The van der Waals surface area contributed by atoms with Gasteiger partial charge < -0.3 is 4.74 Å². The fourth-order valence-corrected chi connectivity index (χ4v) is 2.79. The number of rotatable bonds is 2. The van der Waals surface area contributed by atoms with Crippen molar-refractivity contribution < 1.29 is 14.3 Å². The van der Waals surface area contributed by atoms with Crippen molar-refractivity contribution >= 4 is 11.8 Å². The van der Waals surface area contributed by atoms with Crippen LogP contribution in [0.2, 0.25) is 0 Å². The third-order valence-corrected chi connectivity index (χ3v) is 3.96. The monoisotopic (exact) mass is 296 g/mol. The van der Waals surface area contributed by atoms with Crippen LogP contribution in [-0.4, -0.2) is 28.8 Å². The standard InChI is InChI=1S/C17H16N2O3/c1-10-14(8-18-11(2)15(10)22-3)17(21)19-9-12-6-4-5-7-13(12)16(19)20/h4-8H,9H2,1-3H3.